The molecule has 0 amide bonds. The third-order valence-corrected chi connectivity index (χ3v) is 9.27. The highest BCUT2D eigenvalue weighted by Crippen LogP contribution is 2.28. The monoisotopic (exact) mass is 503 g/mol. The largest absolute Gasteiger partial charge is 0.465 e. The molecule has 1 atom stereocenters. The van der Waals surface area contributed by atoms with Crippen LogP contribution in [0.25, 0.3) is 10.9 Å². The Morgan fingerprint density at radius 3 is 2.41 bits per heavy atom. The summed E-state index contributed by atoms with van der Waals surface area (Å²) in [6.07, 6.45) is 3.66. The van der Waals surface area contributed by atoms with E-state index in [-0.39, 0.29) is 23.7 Å². The lowest BCUT2D eigenvalue weighted by Gasteiger charge is -2.15. The first-order chi connectivity index (χ1) is 16.1. The molecule has 1 aromatic heterocycles. The van der Waals surface area contributed by atoms with Gasteiger partial charge in [0.25, 0.3) is 10.0 Å². The number of rotatable bonds is 11. The summed E-state index contributed by atoms with van der Waals surface area (Å²) in [5, 5.41) is -0.519. The number of aryl methyl sites for hydroxylation is 2. The third-order valence-electron chi connectivity index (χ3n) is 5.58. The van der Waals surface area contributed by atoms with Crippen molar-refractivity contribution in [3.05, 3.63) is 78.5 Å². The zero-order valence-corrected chi connectivity index (χ0v) is 20.9. The average molecular weight is 504 g/mol. The van der Waals surface area contributed by atoms with Gasteiger partial charge >= 0.3 is 5.97 Å². The van der Waals surface area contributed by atoms with Crippen molar-refractivity contribution in [2.75, 3.05) is 12.4 Å². The molecule has 0 saturated heterocycles. The lowest BCUT2D eigenvalue weighted by Crippen LogP contribution is -2.33. The van der Waals surface area contributed by atoms with Crippen molar-refractivity contribution in [2.45, 2.75) is 43.3 Å². The number of sulfone groups is 1. The number of esters is 1. The molecule has 0 aliphatic rings. The van der Waals surface area contributed by atoms with Gasteiger partial charge in [-0.2, -0.15) is 0 Å². The predicted octanol–water partition coefficient (Wildman–Crippen LogP) is 4.04. The molecule has 7 nitrogen and oxygen atoms in total. The summed E-state index contributed by atoms with van der Waals surface area (Å²) in [5.41, 5.74) is 2.26. The molecule has 0 spiro atoms. The maximum Gasteiger partial charge on any atom is 0.324 e. The van der Waals surface area contributed by atoms with Crippen molar-refractivity contribution in [3.8, 4) is 0 Å². The number of carbonyl (C=O) groups is 1. The minimum absolute atomic E-state index is 0.0687. The van der Waals surface area contributed by atoms with Gasteiger partial charge in [-0.25, -0.2) is 20.8 Å². The molecule has 0 bridgehead atoms. The van der Waals surface area contributed by atoms with Gasteiger partial charge in [0.05, 0.1) is 22.8 Å². The standard InChI is InChI=1S/C25H29NO6S2/c1-4-17-33(28,29)24(25(27)32-5-2)12-8-9-20-18-26(23-11-7-6-10-22(20)23)34(30,31)21-15-13-19(3)14-16-21/h4,6-7,10-11,13-16,18,24H,1,5,8-9,12,17H2,2-3H3. The van der Waals surface area contributed by atoms with Gasteiger partial charge in [-0.15, -0.1) is 6.58 Å². The predicted molar refractivity (Wildman–Crippen MR) is 133 cm³/mol. The van der Waals surface area contributed by atoms with E-state index in [0.717, 1.165) is 16.5 Å². The number of ether oxygens (including phenoxy) is 1. The minimum atomic E-state index is -3.82. The Hall–Kier alpha value is -2.91. The number of carbonyl (C=O) groups excluding carboxylic acids is 1. The summed E-state index contributed by atoms with van der Waals surface area (Å²) in [6, 6.07) is 13.8. The molecule has 0 fully saturated rings. The van der Waals surface area contributed by atoms with Crippen molar-refractivity contribution in [3.63, 3.8) is 0 Å². The highest BCUT2D eigenvalue weighted by atomic mass is 32.2. The van der Waals surface area contributed by atoms with Gasteiger partial charge in [0.1, 0.15) is 0 Å². The first-order valence-corrected chi connectivity index (χ1v) is 14.2. The summed E-state index contributed by atoms with van der Waals surface area (Å²) in [4.78, 5) is 12.5. The Bertz CT molecular complexity index is 1390. The highest BCUT2D eigenvalue weighted by molar-refractivity contribution is 7.92. The summed E-state index contributed by atoms with van der Waals surface area (Å²) in [6.45, 7) is 7.06. The van der Waals surface area contributed by atoms with Crippen molar-refractivity contribution in [1.29, 1.82) is 0 Å². The third kappa shape index (κ3) is 5.42. The van der Waals surface area contributed by atoms with Crippen LogP contribution >= 0.6 is 0 Å². The van der Waals surface area contributed by atoms with Crippen LogP contribution in [-0.2, 0) is 35.8 Å². The highest BCUT2D eigenvalue weighted by Gasteiger charge is 2.32. The van der Waals surface area contributed by atoms with Crippen LogP contribution in [0, 0.1) is 6.92 Å². The molecule has 34 heavy (non-hydrogen) atoms. The van der Waals surface area contributed by atoms with Crippen LogP contribution in [0.1, 0.15) is 30.9 Å². The van der Waals surface area contributed by atoms with E-state index < -0.39 is 31.1 Å². The van der Waals surface area contributed by atoms with Gasteiger partial charge in [0.2, 0.25) is 0 Å². The topological polar surface area (TPSA) is 99.5 Å². The van der Waals surface area contributed by atoms with Crippen LogP contribution in [0.4, 0.5) is 0 Å². The van der Waals surface area contributed by atoms with Crippen molar-refractivity contribution >= 4 is 36.7 Å². The molecule has 0 N–H and O–H groups in total. The Morgan fingerprint density at radius 1 is 1.09 bits per heavy atom. The fourth-order valence-corrected chi connectivity index (χ4v) is 6.72. The number of para-hydroxylation sites is 1. The summed E-state index contributed by atoms with van der Waals surface area (Å²) in [5.74, 6) is -1.08. The zero-order chi connectivity index (χ0) is 24.9. The molecule has 0 radical (unpaired) electrons. The van der Waals surface area contributed by atoms with E-state index in [2.05, 4.69) is 6.58 Å². The zero-order valence-electron chi connectivity index (χ0n) is 19.3. The molecule has 0 aliphatic heterocycles. The number of hydrogen-bond donors (Lipinski definition) is 0. The summed E-state index contributed by atoms with van der Waals surface area (Å²) < 4.78 is 58.0. The van der Waals surface area contributed by atoms with E-state index in [0.29, 0.717) is 18.4 Å². The fourth-order valence-electron chi connectivity index (χ4n) is 3.88. The quantitative estimate of drug-likeness (QED) is 0.289. The van der Waals surface area contributed by atoms with Crippen LogP contribution in [0.5, 0.6) is 0 Å². The molecule has 1 heterocycles. The number of nitrogens with zero attached hydrogens (tertiary/aromatic N) is 1. The molecule has 2 aromatic carbocycles. The van der Waals surface area contributed by atoms with E-state index in [9.17, 15) is 21.6 Å². The molecular formula is C25H29NO6S2. The molecular weight excluding hydrogens is 474 g/mol. The van der Waals surface area contributed by atoms with Gasteiger partial charge < -0.3 is 4.74 Å². The molecule has 182 valence electrons. The number of aromatic nitrogens is 1. The van der Waals surface area contributed by atoms with Gasteiger partial charge in [-0.05, 0) is 56.9 Å². The molecule has 3 rings (SSSR count). The SMILES string of the molecule is C=CCS(=O)(=O)C(CCCc1cn(S(=O)(=O)c2ccc(C)cc2)c2ccccc12)C(=O)OCC. The maximum atomic E-state index is 13.3. The fraction of sp³-hybridized carbons (Fsp3) is 0.320. The molecule has 9 heteroatoms. The number of fused-ring (bicyclic) bond motifs is 1. The Kier molecular flexibility index (Phi) is 7.99. The average Bonchev–Trinajstić information content (AvgIpc) is 3.16. The van der Waals surface area contributed by atoms with Crippen molar-refractivity contribution < 1.29 is 26.4 Å². The maximum absolute atomic E-state index is 13.3. The Labute approximate surface area is 201 Å². The minimum Gasteiger partial charge on any atom is -0.465 e. The van der Waals surface area contributed by atoms with Crippen LogP contribution in [0.15, 0.2) is 72.3 Å². The van der Waals surface area contributed by atoms with Crippen LogP contribution in [0.2, 0.25) is 0 Å². The van der Waals surface area contributed by atoms with Gasteiger partial charge in [0, 0.05) is 11.6 Å². The van der Waals surface area contributed by atoms with Crippen LogP contribution in [-0.4, -0.2) is 44.4 Å². The van der Waals surface area contributed by atoms with E-state index in [1.54, 1.807) is 49.5 Å². The van der Waals surface area contributed by atoms with Gasteiger partial charge in [0.15, 0.2) is 15.1 Å². The molecule has 1 unspecified atom stereocenters. The molecule has 0 aliphatic carbocycles. The smallest absolute Gasteiger partial charge is 0.324 e. The Morgan fingerprint density at radius 2 is 1.76 bits per heavy atom. The molecule has 0 saturated carbocycles. The van der Waals surface area contributed by atoms with E-state index in [4.69, 9.17) is 4.74 Å². The first kappa shape index (κ1) is 25.7. The second kappa shape index (κ2) is 10.6. The molecule has 3 aromatic rings. The summed E-state index contributed by atoms with van der Waals surface area (Å²) >= 11 is 0. The van der Waals surface area contributed by atoms with Crippen molar-refractivity contribution in [2.24, 2.45) is 0 Å². The normalized spacial score (nSPS) is 13.0. The number of hydrogen-bond acceptors (Lipinski definition) is 6. The number of benzene rings is 2. The van der Waals surface area contributed by atoms with Crippen molar-refractivity contribution in [1.82, 2.24) is 3.97 Å². The van der Waals surface area contributed by atoms with Gasteiger partial charge in [-0.3, -0.25) is 4.79 Å². The lowest BCUT2D eigenvalue weighted by atomic mass is 10.1. The second-order valence-corrected chi connectivity index (χ2v) is 12.1. The van der Waals surface area contributed by atoms with Gasteiger partial charge in [-0.1, -0.05) is 42.0 Å². The Balaban J connectivity index is 1.90. The van der Waals surface area contributed by atoms with E-state index >= 15 is 0 Å². The lowest BCUT2D eigenvalue weighted by molar-refractivity contribution is -0.142. The van der Waals surface area contributed by atoms with E-state index in [1.165, 1.54) is 10.0 Å². The second-order valence-electron chi connectivity index (χ2n) is 8.04. The van der Waals surface area contributed by atoms with Crippen LogP contribution < -0.4 is 0 Å². The van der Waals surface area contributed by atoms with E-state index in [1.807, 2.05) is 19.1 Å². The van der Waals surface area contributed by atoms with Crippen LogP contribution in [0.3, 0.4) is 0 Å². The first-order valence-electron chi connectivity index (χ1n) is 11.0. The summed E-state index contributed by atoms with van der Waals surface area (Å²) in [7, 11) is -7.56.